The van der Waals surface area contributed by atoms with Crippen LogP contribution in [-0.2, 0) is 0 Å². The van der Waals surface area contributed by atoms with E-state index in [1.807, 2.05) is 0 Å². The standard InChI is InChI=1S/C17H36N2/c1-7-19(8-2)13-14(3)18-16-11-9-15(10-12-16)17(4,5)6/h14-16,18H,7-13H2,1-6H3. The molecule has 1 saturated carbocycles. The largest absolute Gasteiger partial charge is 0.310 e. The third-order valence-electron chi connectivity index (χ3n) is 4.90. The average Bonchev–Trinajstić information content (AvgIpc) is 2.35. The molecular formula is C17H36N2. The first-order chi connectivity index (χ1) is 8.86. The van der Waals surface area contributed by atoms with E-state index < -0.39 is 0 Å². The molecule has 2 heteroatoms. The topological polar surface area (TPSA) is 15.3 Å². The number of hydrogen-bond acceptors (Lipinski definition) is 2. The monoisotopic (exact) mass is 268 g/mol. The van der Waals surface area contributed by atoms with Gasteiger partial charge in [0, 0.05) is 18.6 Å². The van der Waals surface area contributed by atoms with Gasteiger partial charge in [-0.3, -0.25) is 0 Å². The van der Waals surface area contributed by atoms with Crippen LogP contribution in [0.5, 0.6) is 0 Å². The second kappa shape index (κ2) is 7.64. The first kappa shape index (κ1) is 17.0. The molecule has 0 aliphatic heterocycles. The Balaban J connectivity index is 2.29. The van der Waals surface area contributed by atoms with Gasteiger partial charge in [0.1, 0.15) is 0 Å². The Morgan fingerprint density at radius 2 is 1.58 bits per heavy atom. The highest BCUT2D eigenvalue weighted by Crippen LogP contribution is 2.37. The fraction of sp³-hybridized carbons (Fsp3) is 1.00. The van der Waals surface area contributed by atoms with Crippen LogP contribution in [0.25, 0.3) is 0 Å². The van der Waals surface area contributed by atoms with Gasteiger partial charge in [-0.1, -0.05) is 34.6 Å². The van der Waals surface area contributed by atoms with Gasteiger partial charge in [0.15, 0.2) is 0 Å². The minimum absolute atomic E-state index is 0.498. The number of likely N-dealkylation sites (N-methyl/N-ethyl adjacent to an activating group) is 1. The van der Waals surface area contributed by atoms with Crippen molar-refractivity contribution in [3.8, 4) is 0 Å². The molecule has 0 aromatic carbocycles. The Labute approximate surface area is 121 Å². The number of nitrogens with zero attached hydrogens (tertiary/aromatic N) is 1. The van der Waals surface area contributed by atoms with E-state index in [1.54, 1.807) is 0 Å². The van der Waals surface area contributed by atoms with Crippen LogP contribution in [-0.4, -0.2) is 36.6 Å². The molecule has 1 N–H and O–H groups in total. The number of hydrogen-bond donors (Lipinski definition) is 1. The summed E-state index contributed by atoms with van der Waals surface area (Å²) in [6.45, 7) is 17.6. The van der Waals surface area contributed by atoms with Crippen molar-refractivity contribution in [1.29, 1.82) is 0 Å². The highest BCUT2D eigenvalue weighted by Gasteiger charge is 2.29. The molecule has 1 fully saturated rings. The van der Waals surface area contributed by atoms with Crippen LogP contribution in [0.4, 0.5) is 0 Å². The zero-order valence-electron chi connectivity index (χ0n) is 14.1. The number of nitrogens with one attached hydrogen (secondary N) is 1. The molecule has 0 amide bonds. The van der Waals surface area contributed by atoms with E-state index in [0.717, 1.165) is 12.0 Å². The van der Waals surface area contributed by atoms with Crippen molar-refractivity contribution in [2.75, 3.05) is 19.6 Å². The lowest BCUT2D eigenvalue weighted by Gasteiger charge is -2.38. The van der Waals surface area contributed by atoms with Crippen LogP contribution in [0.15, 0.2) is 0 Å². The third kappa shape index (κ3) is 5.83. The lowest BCUT2D eigenvalue weighted by atomic mass is 9.71. The maximum atomic E-state index is 3.85. The Morgan fingerprint density at radius 3 is 2.00 bits per heavy atom. The Kier molecular flexibility index (Phi) is 6.82. The average molecular weight is 268 g/mol. The normalized spacial score (nSPS) is 26.7. The van der Waals surface area contributed by atoms with Gasteiger partial charge < -0.3 is 10.2 Å². The SMILES string of the molecule is CCN(CC)CC(C)NC1CCC(C(C)(C)C)CC1. The molecule has 114 valence electrons. The van der Waals surface area contributed by atoms with Crippen molar-refractivity contribution in [1.82, 2.24) is 10.2 Å². The molecule has 2 nitrogen and oxygen atoms in total. The number of rotatable bonds is 6. The van der Waals surface area contributed by atoms with Crippen molar-refractivity contribution in [3.63, 3.8) is 0 Å². The van der Waals surface area contributed by atoms with Crippen molar-refractivity contribution >= 4 is 0 Å². The second-order valence-electron chi connectivity index (χ2n) is 7.47. The van der Waals surface area contributed by atoms with Crippen molar-refractivity contribution < 1.29 is 0 Å². The Hall–Kier alpha value is -0.0800. The molecule has 1 rings (SSSR count). The van der Waals surface area contributed by atoms with E-state index in [2.05, 4.69) is 51.8 Å². The summed E-state index contributed by atoms with van der Waals surface area (Å²) in [6.07, 6.45) is 5.54. The van der Waals surface area contributed by atoms with Crippen LogP contribution in [0.2, 0.25) is 0 Å². The second-order valence-corrected chi connectivity index (χ2v) is 7.47. The summed E-state index contributed by atoms with van der Waals surface area (Å²) < 4.78 is 0. The van der Waals surface area contributed by atoms with E-state index in [0.29, 0.717) is 11.5 Å². The van der Waals surface area contributed by atoms with Gasteiger partial charge in [0.05, 0.1) is 0 Å². The smallest absolute Gasteiger partial charge is 0.0169 e. The first-order valence-electron chi connectivity index (χ1n) is 8.35. The molecule has 19 heavy (non-hydrogen) atoms. The molecule has 1 aliphatic rings. The maximum Gasteiger partial charge on any atom is 0.0169 e. The van der Waals surface area contributed by atoms with Gasteiger partial charge in [-0.05, 0) is 57.0 Å². The van der Waals surface area contributed by atoms with E-state index >= 15 is 0 Å². The molecule has 1 aliphatic carbocycles. The van der Waals surface area contributed by atoms with E-state index in [4.69, 9.17) is 0 Å². The zero-order chi connectivity index (χ0) is 14.5. The van der Waals surface area contributed by atoms with E-state index in [9.17, 15) is 0 Å². The third-order valence-corrected chi connectivity index (χ3v) is 4.90. The highest BCUT2D eigenvalue weighted by molar-refractivity contribution is 4.84. The summed E-state index contributed by atoms with van der Waals surface area (Å²) in [5.41, 5.74) is 0.498. The molecule has 0 bridgehead atoms. The van der Waals surface area contributed by atoms with Crippen LogP contribution in [0, 0.1) is 11.3 Å². The highest BCUT2D eigenvalue weighted by atomic mass is 15.1. The summed E-state index contributed by atoms with van der Waals surface area (Å²) >= 11 is 0. The summed E-state index contributed by atoms with van der Waals surface area (Å²) in [4.78, 5) is 2.51. The van der Waals surface area contributed by atoms with Crippen LogP contribution in [0.1, 0.15) is 67.2 Å². The van der Waals surface area contributed by atoms with Crippen molar-refractivity contribution in [2.45, 2.75) is 79.3 Å². The molecule has 0 aromatic heterocycles. The molecule has 0 radical (unpaired) electrons. The van der Waals surface area contributed by atoms with Gasteiger partial charge in [-0.2, -0.15) is 0 Å². The zero-order valence-corrected chi connectivity index (χ0v) is 14.1. The van der Waals surface area contributed by atoms with E-state index in [-0.39, 0.29) is 0 Å². The summed E-state index contributed by atoms with van der Waals surface area (Å²) in [6, 6.07) is 1.38. The van der Waals surface area contributed by atoms with Crippen molar-refractivity contribution in [2.24, 2.45) is 11.3 Å². The first-order valence-corrected chi connectivity index (χ1v) is 8.35. The summed E-state index contributed by atoms with van der Waals surface area (Å²) in [5, 5.41) is 3.85. The lowest BCUT2D eigenvalue weighted by Crippen LogP contribution is -2.45. The van der Waals surface area contributed by atoms with Gasteiger partial charge in [-0.15, -0.1) is 0 Å². The summed E-state index contributed by atoms with van der Waals surface area (Å²) in [7, 11) is 0. The fourth-order valence-electron chi connectivity index (χ4n) is 3.45. The summed E-state index contributed by atoms with van der Waals surface area (Å²) in [5.74, 6) is 0.920. The van der Waals surface area contributed by atoms with Crippen LogP contribution >= 0.6 is 0 Å². The molecular weight excluding hydrogens is 232 g/mol. The lowest BCUT2D eigenvalue weighted by molar-refractivity contribution is 0.152. The van der Waals surface area contributed by atoms with Gasteiger partial charge >= 0.3 is 0 Å². The minimum atomic E-state index is 0.498. The molecule has 1 unspecified atom stereocenters. The van der Waals surface area contributed by atoms with E-state index in [1.165, 1.54) is 45.3 Å². The van der Waals surface area contributed by atoms with Crippen LogP contribution < -0.4 is 5.32 Å². The predicted octanol–water partition coefficient (Wildman–Crippen LogP) is 3.91. The minimum Gasteiger partial charge on any atom is -0.310 e. The van der Waals surface area contributed by atoms with Gasteiger partial charge in [0.25, 0.3) is 0 Å². The molecule has 0 heterocycles. The molecule has 1 atom stereocenters. The molecule has 0 spiro atoms. The Morgan fingerprint density at radius 1 is 1.05 bits per heavy atom. The fourth-order valence-corrected chi connectivity index (χ4v) is 3.45. The maximum absolute atomic E-state index is 3.85. The van der Waals surface area contributed by atoms with Gasteiger partial charge in [0.2, 0.25) is 0 Å². The van der Waals surface area contributed by atoms with Crippen molar-refractivity contribution in [3.05, 3.63) is 0 Å². The van der Waals surface area contributed by atoms with Crippen LogP contribution in [0.3, 0.4) is 0 Å². The Bertz CT molecular complexity index is 232. The van der Waals surface area contributed by atoms with Gasteiger partial charge in [-0.25, -0.2) is 0 Å². The predicted molar refractivity (Wildman–Crippen MR) is 85.6 cm³/mol. The quantitative estimate of drug-likeness (QED) is 0.785. The molecule has 0 saturated heterocycles. The molecule has 0 aromatic rings.